The van der Waals surface area contributed by atoms with Gasteiger partial charge in [0.05, 0.1) is 15.4 Å². The van der Waals surface area contributed by atoms with Gasteiger partial charge in [0, 0.05) is 92.8 Å². The molecule has 14 heteroatoms. The number of ketones is 1. The second-order valence-corrected chi connectivity index (χ2v) is 12.3. The number of nitrogens with two attached hydrogens (primary N) is 1. The Morgan fingerprint density at radius 1 is 0.744 bits per heavy atom. The van der Waals surface area contributed by atoms with Gasteiger partial charge in [-0.1, -0.05) is 18.2 Å². The summed E-state index contributed by atoms with van der Waals surface area (Å²) in [4.78, 5) is 30.4. The van der Waals surface area contributed by atoms with Crippen molar-refractivity contribution in [3.8, 4) is 0 Å². The summed E-state index contributed by atoms with van der Waals surface area (Å²) < 4.78 is 51.3. The standard InChI is InChI=1S/C15H11NO3S.C8H7NO2S.C6H5NO2.BH.U/c17-14(12-3-6-16-7-4-12)9-11-1-2-13-5-8-20(18,19)15(13)10-11;9-7-2-1-6-3-4-12(10,11)8(6)5-7;8-6(9)5-1-3-7-4-2-5;;/h1-8,10H,9H2;1-5H,9H2;1-4H,(H,8,9);1H;/i;;;1T;. The molecule has 0 bridgehead atoms. The minimum atomic E-state index is -3.33. The van der Waals surface area contributed by atoms with Crippen molar-refractivity contribution in [3.05, 3.63) is 124 Å². The van der Waals surface area contributed by atoms with Crippen molar-refractivity contribution in [1.29, 1.82) is 1.34 Å². The molecule has 0 saturated heterocycles. The molecule has 4 heterocycles. The summed E-state index contributed by atoms with van der Waals surface area (Å²) >= 11 is 0. The molecule has 2 aromatic carbocycles. The number of carbonyl (C=O) groups excluding carboxylic acids is 1. The van der Waals surface area contributed by atoms with E-state index in [0.29, 0.717) is 32.8 Å². The SMILES string of the molecule is Nc1ccc2c(c1)S(=O)(=O)C=C2.O=C(Cc1ccc2c(c1)S(=O)(=O)C=C2)c1ccncc1.O=C(O)c1ccncc1.[3H][B].[U]. The van der Waals surface area contributed by atoms with E-state index in [1.807, 2.05) is 0 Å². The fourth-order valence-electron chi connectivity index (χ4n) is 3.80. The molecule has 0 saturated carbocycles. The zero-order chi connectivity index (χ0) is 31.6. The van der Waals surface area contributed by atoms with Crippen molar-refractivity contribution < 1.29 is 62.6 Å². The quantitative estimate of drug-likeness (QED) is 0.176. The number of carbonyl (C=O) groups is 2. The number of hydrogen-bond acceptors (Lipinski definition) is 9. The van der Waals surface area contributed by atoms with Crippen molar-refractivity contribution in [1.82, 2.24) is 9.97 Å². The molecule has 6 rings (SSSR count). The van der Waals surface area contributed by atoms with E-state index < -0.39 is 25.6 Å². The first-order chi connectivity index (χ1) is 20.5. The second-order valence-electron chi connectivity index (χ2n) is 8.74. The van der Waals surface area contributed by atoms with E-state index in [4.69, 9.17) is 12.2 Å². The average Bonchev–Trinajstić information content (AvgIpc) is 3.49. The Kier molecular flexibility index (Phi) is 11.8. The maximum atomic E-state index is 12.1. The number of aromatic nitrogens is 2. The molecular weight excluding hydrogens is 815 g/mol. The van der Waals surface area contributed by atoms with Gasteiger partial charge in [-0.25, -0.2) is 21.6 Å². The van der Waals surface area contributed by atoms with Crippen LogP contribution in [0.5, 0.6) is 0 Å². The third-order valence-electron chi connectivity index (χ3n) is 5.88. The number of Topliss-reactive ketones (excluding diaryl/α,β-unsaturated/α-hetero) is 1. The predicted molar refractivity (Wildman–Crippen MR) is 160 cm³/mol. The molecule has 3 N–H and O–H groups in total. The van der Waals surface area contributed by atoms with E-state index >= 15 is 0 Å². The first kappa shape index (κ1) is 33.7. The van der Waals surface area contributed by atoms with Crippen LogP contribution < -0.4 is 5.73 Å². The van der Waals surface area contributed by atoms with E-state index in [1.54, 1.807) is 67.0 Å². The zero-order valence-corrected chi connectivity index (χ0v) is 28.2. The Labute approximate surface area is 275 Å². The van der Waals surface area contributed by atoms with Crippen LogP contribution in [0.25, 0.3) is 12.2 Å². The molecular formula is C29H24BN3O7S2U. The van der Waals surface area contributed by atoms with Gasteiger partial charge in [0.2, 0.25) is 9.84 Å². The van der Waals surface area contributed by atoms with Crippen molar-refractivity contribution in [3.63, 3.8) is 0 Å². The number of sulfone groups is 2. The summed E-state index contributed by atoms with van der Waals surface area (Å²) in [6, 6.07) is 16.1. The molecule has 4 aromatic rings. The fraction of sp³-hybridized carbons (Fsp3) is 0.0345. The molecule has 216 valence electrons. The third-order valence-corrected chi connectivity index (χ3v) is 8.80. The minimum absolute atomic E-state index is 0. The number of aromatic carboxylic acids is 1. The van der Waals surface area contributed by atoms with Crippen molar-refractivity contribution in [2.75, 3.05) is 5.73 Å². The number of nitrogens with zero attached hydrogens (tertiary/aromatic N) is 2. The van der Waals surface area contributed by atoms with Crippen LogP contribution >= 0.6 is 0 Å². The molecule has 0 atom stereocenters. The van der Waals surface area contributed by atoms with Gasteiger partial charge in [-0.2, -0.15) is 0 Å². The van der Waals surface area contributed by atoms with Crippen molar-refractivity contribution in [2.24, 2.45) is 0 Å². The van der Waals surface area contributed by atoms with Gasteiger partial charge in [0.25, 0.3) is 0 Å². The maximum absolute atomic E-state index is 12.1. The zero-order valence-electron chi connectivity index (χ0n) is 23.4. The van der Waals surface area contributed by atoms with Crippen LogP contribution in [0.4, 0.5) is 5.69 Å². The molecule has 2 aromatic heterocycles. The number of fused-ring (bicyclic) bond motifs is 2. The summed E-state index contributed by atoms with van der Waals surface area (Å²) in [5.41, 5.74) is 8.85. The maximum Gasteiger partial charge on any atom is 0.335 e. The number of anilines is 1. The Morgan fingerprint density at radius 2 is 1.21 bits per heavy atom. The van der Waals surface area contributed by atoms with Crippen molar-refractivity contribution >= 4 is 57.6 Å². The van der Waals surface area contributed by atoms with Gasteiger partial charge in [0.1, 0.15) is 0 Å². The van der Waals surface area contributed by atoms with Crippen LogP contribution in [0.1, 0.15) is 37.4 Å². The summed E-state index contributed by atoms with van der Waals surface area (Å²) in [5.74, 6) is -0.979. The van der Waals surface area contributed by atoms with Crippen LogP contribution in [0.3, 0.4) is 0 Å². The van der Waals surface area contributed by atoms with Crippen molar-refractivity contribution in [2.45, 2.75) is 16.2 Å². The molecule has 0 amide bonds. The van der Waals surface area contributed by atoms with Gasteiger partial charge in [0.15, 0.2) is 15.6 Å². The summed E-state index contributed by atoms with van der Waals surface area (Å²) in [7, 11) is -2.77. The molecule has 0 spiro atoms. The first-order valence-electron chi connectivity index (χ1n) is 12.5. The molecule has 0 aliphatic carbocycles. The number of carboxylic acid groups (broad SMARTS) is 1. The third kappa shape index (κ3) is 9.08. The summed E-state index contributed by atoms with van der Waals surface area (Å²) in [6.07, 6.45) is 9.33. The Hall–Kier alpha value is -3.82. The monoisotopic (exact) mass is 841 g/mol. The second kappa shape index (κ2) is 15.1. The molecule has 10 nitrogen and oxygen atoms in total. The molecule has 2 aliphatic heterocycles. The number of hydrogen-bond donors (Lipinski definition) is 2. The number of nitrogen functional groups attached to an aromatic ring is 1. The van der Waals surface area contributed by atoms with Gasteiger partial charge in [-0.15, -0.1) is 0 Å². The number of benzene rings is 2. The first-order valence-corrected chi connectivity index (χ1v) is 15.0. The predicted octanol–water partition coefficient (Wildman–Crippen LogP) is 3.42. The van der Waals surface area contributed by atoms with E-state index in [9.17, 15) is 26.4 Å². The molecule has 2 radical (unpaired) electrons. The number of rotatable bonds is 4. The van der Waals surface area contributed by atoms with E-state index in [-0.39, 0.29) is 53.8 Å². The Morgan fingerprint density at radius 3 is 1.70 bits per heavy atom. The topological polar surface area (TPSA) is 174 Å². The van der Waals surface area contributed by atoms with E-state index in [2.05, 4.69) is 18.3 Å². The Bertz CT molecular complexity index is 1910. The average molecular weight is 842 g/mol. The smallest absolute Gasteiger partial charge is 0.335 e. The Balaban J connectivity index is 0.000000241. The fourth-order valence-corrected chi connectivity index (χ4v) is 6.29. The van der Waals surface area contributed by atoms with Gasteiger partial charge in [-0.05, 0) is 72.6 Å². The van der Waals surface area contributed by atoms with Crippen LogP contribution in [0.15, 0.2) is 106 Å². The number of carboxylic acids is 1. The van der Waals surface area contributed by atoms with Crippen LogP contribution in [0, 0.1) is 31.1 Å². The van der Waals surface area contributed by atoms with E-state index in [1.165, 1.54) is 41.4 Å². The molecule has 0 unspecified atom stereocenters. The summed E-state index contributed by atoms with van der Waals surface area (Å²) in [6.45, 7) is 0. The largest absolute Gasteiger partial charge is 0.478 e. The molecule has 43 heavy (non-hydrogen) atoms. The van der Waals surface area contributed by atoms with Crippen LogP contribution in [0.2, 0.25) is 0 Å². The van der Waals surface area contributed by atoms with Gasteiger partial charge < -0.3 is 10.8 Å². The summed E-state index contributed by atoms with van der Waals surface area (Å²) in [5, 5.41) is 10.7. The van der Waals surface area contributed by atoms with Crippen LogP contribution in [-0.2, 0) is 26.1 Å². The van der Waals surface area contributed by atoms with Crippen LogP contribution in [-0.4, -0.2) is 53.4 Å². The van der Waals surface area contributed by atoms with Gasteiger partial charge >= 0.3 is 5.97 Å². The van der Waals surface area contributed by atoms with E-state index in [0.717, 1.165) is 0 Å². The van der Waals surface area contributed by atoms with Gasteiger partial charge in [-0.3, -0.25) is 14.8 Å². The minimum Gasteiger partial charge on any atom is -0.478 e. The molecule has 0 fully saturated rings. The molecule has 2 aliphatic rings. The number of pyridine rings is 2. The normalized spacial score (nSPS) is 13.9.